The quantitative estimate of drug-likeness (QED) is 0.650. The second-order valence-electron chi connectivity index (χ2n) is 5.70. The summed E-state index contributed by atoms with van der Waals surface area (Å²) in [4.78, 5) is 16.2. The Hall–Kier alpha value is -2.41. The van der Waals surface area contributed by atoms with Gasteiger partial charge in [0.05, 0.1) is 13.2 Å². The molecule has 2 aromatic rings. The lowest BCUT2D eigenvalue weighted by Crippen LogP contribution is -2.34. The molecule has 1 amide bonds. The van der Waals surface area contributed by atoms with E-state index in [1.165, 1.54) is 0 Å². The SMILES string of the molecule is CCCCc1nc(CNc2ccc(C(=O)NC(C)CO)cc2)no1. The number of carbonyl (C=O) groups is 1. The van der Waals surface area contributed by atoms with Gasteiger partial charge < -0.3 is 20.3 Å². The third kappa shape index (κ3) is 5.34. The second kappa shape index (κ2) is 9.02. The molecular formula is C17H24N4O3. The van der Waals surface area contributed by atoms with E-state index in [-0.39, 0.29) is 18.6 Å². The van der Waals surface area contributed by atoms with E-state index in [0.29, 0.717) is 23.8 Å². The van der Waals surface area contributed by atoms with Gasteiger partial charge in [-0.1, -0.05) is 18.5 Å². The van der Waals surface area contributed by atoms with Gasteiger partial charge in [0.25, 0.3) is 5.91 Å². The summed E-state index contributed by atoms with van der Waals surface area (Å²) in [6, 6.07) is 6.82. The van der Waals surface area contributed by atoms with Crippen LogP contribution in [-0.2, 0) is 13.0 Å². The number of rotatable bonds is 9. The zero-order valence-corrected chi connectivity index (χ0v) is 14.1. The molecular weight excluding hydrogens is 308 g/mol. The molecule has 7 nitrogen and oxygen atoms in total. The summed E-state index contributed by atoms with van der Waals surface area (Å²) in [6.45, 7) is 4.24. The lowest BCUT2D eigenvalue weighted by molar-refractivity contribution is 0.0922. The second-order valence-corrected chi connectivity index (χ2v) is 5.70. The predicted molar refractivity (Wildman–Crippen MR) is 90.7 cm³/mol. The molecule has 1 aromatic heterocycles. The summed E-state index contributed by atoms with van der Waals surface area (Å²) in [7, 11) is 0. The number of aliphatic hydroxyl groups is 1. The number of hydrogen-bond donors (Lipinski definition) is 3. The molecule has 2 rings (SSSR count). The van der Waals surface area contributed by atoms with E-state index in [9.17, 15) is 4.79 Å². The topological polar surface area (TPSA) is 100 Å². The first-order chi connectivity index (χ1) is 11.6. The van der Waals surface area contributed by atoms with Crippen LogP contribution in [0, 0.1) is 0 Å². The molecule has 0 spiro atoms. The van der Waals surface area contributed by atoms with Gasteiger partial charge in [-0.3, -0.25) is 4.79 Å². The van der Waals surface area contributed by atoms with Crippen molar-refractivity contribution in [3.05, 3.63) is 41.5 Å². The number of nitrogens with zero attached hydrogens (tertiary/aromatic N) is 2. The highest BCUT2D eigenvalue weighted by Crippen LogP contribution is 2.11. The first-order valence-corrected chi connectivity index (χ1v) is 8.19. The minimum atomic E-state index is -0.268. The van der Waals surface area contributed by atoms with Crippen molar-refractivity contribution in [3.8, 4) is 0 Å². The molecule has 0 fully saturated rings. The van der Waals surface area contributed by atoms with Gasteiger partial charge in [-0.25, -0.2) is 0 Å². The zero-order chi connectivity index (χ0) is 17.4. The number of carbonyl (C=O) groups excluding carboxylic acids is 1. The van der Waals surface area contributed by atoms with Crippen molar-refractivity contribution in [1.29, 1.82) is 0 Å². The maximum absolute atomic E-state index is 11.9. The van der Waals surface area contributed by atoms with E-state index >= 15 is 0 Å². The Labute approximate surface area is 141 Å². The average Bonchev–Trinajstić information content (AvgIpc) is 3.06. The lowest BCUT2D eigenvalue weighted by Gasteiger charge is -2.11. The highest BCUT2D eigenvalue weighted by Gasteiger charge is 2.09. The summed E-state index contributed by atoms with van der Waals surface area (Å²) in [6.07, 6.45) is 2.93. The summed E-state index contributed by atoms with van der Waals surface area (Å²) in [5, 5.41) is 18.8. The summed E-state index contributed by atoms with van der Waals surface area (Å²) < 4.78 is 5.18. The van der Waals surface area contributed by atoms with Gasteiger partial charge in [0.2, 0.25) is 5.89 Å². The van der Waals surface area contributed by atoms with Crippen LogP contribution >= 0.6 is 0 Å². The van der Waals surface area contributed by atoms with E-state index in [4.69, 9.17) is 9.63 Å². The number of hydrogen-bond acceptors (Lipinski definition) is 6. The van der Waals surface area contributed by atoms with Crippen LogP contribution in [0.4, 0.5) is 5.69 Å². The molecule has 130 valence electrons. The Morgan fingerprint density at radius 2 is 2.08 bits per heavy atom. The molecule has 1 atom stereocenters. The van der Waals surface area contributed by atoms with Crippen molar-refractivity contribution in [2.45, 2.75) is 45.7 Å². The van der Waals surface area contributed by atoms with Gasteiger partial charge in [-0.2, -0.15) is 4.98 Å². The van der Waals surface area contributed by atoms with E-state index in [2.05, 4.69) is 27.7 Å². The van der Waals surface area contributed by atoms with Crippen LogP contribution in [0.15, 0.2) is 28.8 Å². The summed E-state index contributed by atoms with van der Waals surface area (Å²) in [5.74, 6) is 1.07. The van der Waals surface area contributed by atoms with E-state index in [1.807, 2.05) is 12.1 Å². The van der Waals surface area contributed by atoms with Crippen molar-refractivity contribution in [2.24, 2.45) is 0 Å². The fraction of sp³-hybridized carbons (Fsp3) is 0.471. The number of aryl methyl sites for hydroxylation is 1. The van der Waals surface area contributed by atoms with Gasteiger partial charge >= 0.3 is 0 Å². The number of amides is 1. The fourth-order valence-corrected chi connectivity index (χ4v) is 2.06. The van der Waals surface area contributed by atoms with Crippen LogP contribution in [0.3, 0.4) is 0 Å². The lowest BCUT2D eigenvalue weighted by atomic mass is 10.2. The number of aliphatic hydroxyl groups excluding tert-OH is 1. The van der Waals surface area contributed by atoms with Gasteiger partial charge in [0.15, 0.2) is 5.82 Å². The number of anilines is 1. The van der Waals surface area contributed by atoms with Gasteiger partial charge in [-0.05, 0) is 37.6 Å². The van der Waals surface area contributed by atoms with Crippen LogP contribution in [0.25, 0.3) is 0 Å². The summed E-state index contributed by atoms with van der Waals surface area (Å²) >= 11 is 0. The number of unbranched alkanes of at least 4 members (excludes halogenated alkanes) is 1. The number of benzene rings is 1. The normalized spacial score (nSPS) is 12.0. The van der Waals surface area contributed by atoms with E-state index in [1.54, 1.807) is 19.1 Å². The molecule has 1 unspecified atom stereocenters. The van der Waals surface area contributed by atoms with Crippen LogP contribution in [0.5, 0.6) is 0 Å². The smallest absolute Gasteiger partial charge is 0.251 e. The highest BCUT2D eigenvalue weighted by molar-refractivity contribution is 5.94. The molecule has 1 aromatic carbocycles. The number of nitrogens with one attached hydrogen (secondary N) is 2. The monoisotopic (exact) mass is 332 g/mol. The molecule has 0 aliphatic heterocycles. The molecule has 3 N–H and O–H groups in total. The van der Waals surface area contributed by atoms with E-state index < -0.39 is 0 Å². The van der Waals surface area contributed by atoms with Crippen LogP contribution in [0.1, 0.15) is 48.8 Å². The van der Waals surface area contributed by atoms with Crippen molar-refractivity contribution in [2.75, 3.05) is 11.9 Å². The van der Waals surface area contributed by atoms with Crippen LogP contribution < -0.4 is 10.6 Å². The van der Waals surface area contributed by atoms with Crippen molar-refractivity contribution in [1.82, 2.24) is 15.5 Å². The largest absolute Gasteiger partial charge is 0.394 e. The molecule has 7 heteroatoms. The third-order valence-electron chi connectivity index (χ3n) is 3.50. The average molecular weight is 332 g/mol. The maximum atomic E-state index is 11.9. The highest BCUT2D eigenvalue weighted by atomic mass is 16.5. The standard InChI is InChI=1S/C17H24N4O3/c1-3-4-5-16-20-15(21-24-16)10-18-14-8-6-13(7-9-14)17(23)19-12(2)11-22/h6-9,12,18,22H,3-5,10-11H2,1-2H3,(H,19,23). The van der Waals surface area contributed by atoms with Gasteiger partial charge in [0, 0.05) is 23.7 Å². The predicted octanol–water partition coefficient (Wildman–Crippen LogP) is 2.13. The third-order valence-corrected chi connectivity index (χ3v) is 3.50. The molecule has 0 aliphatic carbocycles. The molecule has 24 heavy (non-hydrogen) atoms. The molecule has 0 bridgehead atoms. The molecule has 0 saturated heterocycles. The minimum Gasteiger partial charge on any atom is -0.394 e. The first-order valence-electron chi connectivity index (χ1n) is 8.19. The first kappa shape index (κ1) is 17.9. The molecule has 0 saturated carbocycles. The van der Waals surface area contributed by atoms with Crippen molar-refractivity contribution >= 4 is 11.6 Å². The Morgan fingerprint density at radius 1 is 1.33 bits per heavy atom. The van der Waals surface area contributed by atoms with E-state index in [0.717, 1.165) is 24.9 Å². The van der Waals surface area contributed by atoms with Gasteiger partial charge in [-0.15, -0.1) is 0 Å². The van der Waals surface area contributed by atoms with Crippen LogP contribution in [-0.4, -0.2) is 33.8 Å². The zero-order valence-electron chi connectivity index (χ0n) is 14.1. The Kier molecular flexibility index (Phi) is 6.74. The molecule has 1 heterocycles. The summed E-state index contributed by atoms with van der Waals surface area (Å²) in [5.41, 5.74) is 1.41. The van der Waals surface area contributed by atoms with Crippen LogP contribution in [0.2, 0.25) is 0 Å². The Balaban J connectivity index is 1.85. The number of aromatic nitrogens is 2. The van der Waals surface area contributed by atoms with Crippen molar-refractivity contribution in [3.63, 3.8) is 0 Å². The van der Waals surface area contributed by atoms with Gasteiger partial charge in [0.1, 0.15) is 0 Å². The molecule has 0 aliphatic rings. The fourth-order valence-electron chi connectivity index (χ4n) is 2.06. The molecule has 0 radical (unpaired) electrons. The Bertz CT molecular complexity index is 640. The van der Waals surface area contributed by atoms with Crippen molar-refractivity contribution < 1.29 is 14.4 Å². The maximum Gasteiger partial charge on any atom is 0.251 e. The Morgan fingerprint density at radius 3 is 2.75 bits per heavy atom. The minimum absolute atomic E-state index is 0.0870.